The van der Waals surface area contributed by atoms with Gasteiger partial charge in [0.05, 0.1) is 0 Å². The number of hydrogen-bond acceptors (Lipinski definition) is 3. The van der Waals surface area contributed by atoms with Crippen LogP contribution in [0.4, 0.5) is 0 Å². The number of likely N-dealkylation sites (tertiary alicyclic amines) is 1. The Morgan fingerprint density at radius 3 is 2.31 bits per heavy atom. The van der Waals surface area contributed by atoms with E-state index in [1.807, 2.05) is 38.2 Å². The highest BCUT2D eigenvalue weighted by atomic mass is 16.2. The molecule has 6 heteroatoms. The molecule has 0 aromatic rings. The lowest BCUT2D eigenvalue weighted by atomic mass is 10.1. The predicted octanol–water partition coefficient (Wildman–Crippen LogP) is 3.06. The number of nitrogens with one attached hydrogen (secondary N) is 2. The molecule has 0 bridgehead atoms. The average molecular weight is 396 g/mol. The van der Waals surface area contributed by atoms with Crippen LogP contribution in [-0.4, -0.2) is 36.2 Å². The Bertz CT molecular complexity index is 785. The largest absolute Gasteiger partial charge is 0.333 e. The van der Waals surface area contributed by atoms with E-state index in [-0.39, 0.29) is 5.91 Å². The van der Waals surface area contributed by atoms with Crippen LogP contribution in [0.3, 0.4) is 0 Å². The van der Waals surface area contributed by atoms with E-state index >= 15 is 0 Å². The number of nitrogens with zero attached hydrogens (tertiary/aromatic N) is 1. The third-order valence-corrected chi connectivity index (χ3v) is 4.33. The maximum Gasteiger partial charge on any atom is 0.247 e. The highest BCUT2D eigenvalue weighted by Gasteiger charge is 2.29. The minimum atomic E-state index is -0.411. The standard InChI is InChI=1S/C23H29N3O3/c1-5-20(13-11-19(4)24-16-27)12-9-18(3)10-14-21(6-2)25-23(29)22-8-7-15-26(22)17-28/h5-6,9-14,16-17,22H,3-4,7-8,15H2,1-2H3,(H,24,27)(H,25,29)/b12-9+,13-11-,14-10-,20-5-,21-6+. The second kappa shape index (κ2) is 12.9. The number of amides is 3. The van der Waals surface area contributed by atoms with Crippen LogP contribution >= 0.6 is 0 Å². The molecule has 0 radical (unpaired) electrons. The van der Waals surface area contributed by atoms with E-state index in [9.17, 15) is 14.4 Å². The van der Waals surface area contributed by atoms with Crippen LogP contribution in [0.5, 0.6) is 0 Å². The molecule has 0 saturated carbocycles. The van der Waals surface area contributed by atoms with Gasteiger partial charge in [-0.15, -0.1) is 0 Å². The van der Waals surface area contributed by atoms with Crippen LogP contribution in [0.15, 0.2) is 84.3 Å². The molecule has 2 N–H and O–H groups in total. The summed E-state index contributed by atoms with van der Waals surface area (Å²) in [5.74, 6) is -0.181. The normalized spacial score (nSPS) is 17.9. The van der Waals surface area contributed by atoms with Gasteiger partial charge in [0.25, 0.3) is 0 Å². The second-order valence-corrected chi connectivity index (χ2v) is 6.39. The highest BCUT2D eigenvalue weighted by Crippen LogP contribution is 2.15. The molecule has 29 heavy (non-hydrogen) atoms. The third-order valence-electron chi connectivity index (χ3n) is 4.33. The van der Waals surface area contributed by atoms with E-state index in [0.717, 1.165) is 24.0 Å². The third kappa shape index (κ3) is 8.43. The van der Waals surface area contributed by atoms with Gasteiger partial charge in [-0.05, 0) is 50.0 Å². The van der Waals surface area contributed by atoms with Crippen LogP contribution in [0.2, 0.25) is 0 Å². The van der Waals surface area contributed by atoms with Gasteiger partial charge in [-0.3, -0.25) is 14.4 Å². The van der Waals surface area contributed by atoms with Crippen molar-refractivity contribution in [1.29, 1.82) is 0 Å². The molecule has 0 aromatic carbocycles. The molecule has 1 aliphatic rings. The molecule has 1 fully saturated rings. The van der Waals surface area contributed by atoms with E-state index < -0.39 is 6.04 Å². The van der Waals surface area contributed by atoms with Crippen molar-refractivity contribution in [3.63, 3.8) is 0 Å². The molecule has 1 aliphatic heterocycles. The minimum absolute atomic E-state index is 0.181. The lowest BCUT2D eigenvalue weighted by Gasteiger charge is -2.19. The van der Waals surface area contributed by atoms with Crippen molar-refractivity contribution in [2.75, 3.05) is 6.54 Å². The Balaban J connectivity index is 2.65. The molecule has 0 spiro atoms. The van der Waals surface area contributed by atoms with Crippen molar-refractivity contribution in [2.24, 2.45) is 0 Å². The lowest BCUT2D eigenvalue weighted by molar-refractivity contribution is -0.130. The van der Waals surface area contributed by atoms with Crippen LogP contribution < -0.4 is 10.6 Å². The number of allylic oxidation sites excluding steroid dienone is 10. The summed E-state index contributed by atoms with van der Waals surface area (Å²) in [5.41, 5.74) is 2.80. The SMILES string of the molecule is C=C(/C=C\C(=C/C)NC(=O)C1CCCN1C=O)/C=C/C(/C=C\C(=C)NC=O)=C/C. The Kier molecular flexibility index (Phi) is 10.5. The van der Waals surface area contributed by atoms with Crippen molar-refractivity contribution in [3.05, 3.63) is 84.3 Å². The van der Waals surface area contributed by atoms with Gasteiger partial charge in [0.2, 0.25) is 18.7 Å². The zero-order valence-corrected chi connectivity index (χ0v) is 17.1. The van der Waals surface area contributed by atoms with E-state index in [0.29, 0.717) is 30.8 Å². The van der Waals surface area contributed by atoms with E-state index in [1.54, 1.807) is 24.3 Å². The van der Waals surface area contributed by atoms with Crippen LogP contribution in [0, 0.1) is 0 Å². The Morgan fingerprint density at radius 1 is 1.00 bits per heavy atom. The first-order valence-corrected chi connectivity index (χ1v) is 9.41. The molecule has 1 atom stereocenters. The second-order valence-electron chi connectivity index (χ2n) is 6.39. The van der Waals surface area contributed by atoms with Gasteiger partial charge in [0, 0.05) is 17.9 Å². The first-order chi connectivity index (χ1) is 13.9. The van der Waals surface area contributed by atoms with Gasteiger partial charge >= 0.3 is 0 Å². The van der Waals surface area contributed by atoms with Gasteiger partial charge in [0.15, 0.2) is 0 Å². The fourth-order valence-electron chi connectivity index (χ4n) is 2.66. The number of hydrogen-bond donors (Lipinski definition) is 2. The predicted molar refractivity (Wildman–Crippen MR) is 116 cm³/mol. The molecule has 1 heterocycles. The number of carbonyl (C=O) groups is 3. The Hall–Kier alpha value is -3.41. The average Bonchev–Trinajstić information content (AvgIpc) is 3.20. The fourth-order valence-corrected chi connectivity index (χ4v) is 2.66. The van der Waals surface area contributed by atoms with E-state index in [4.69, 9.17) is 0 Å². The molecular formula is C23H29N3O3. The van der Waals surface area contributed by atoms with Crippen molar-refractivity contribution in [1.82, 2.24) is 15.5 Å². The number of carbonyl (C=O) groups excluding carboxylic acids is 3. The Morgan fingerprint density at radius 2 is 1.69 bits per heavy atom. The highest BCUT2D eigenvalue weighted by molar-refractivity contribution is 5.85. The minimum Gasteiger partial charge on any atom is -0.333 e. The lowest BCUT2D eigenvalue weighted by Crippen LogP contribution is -2.42. The summed E-state index contributed by atoms with van der Waals surface area (Å²) in [5, 5.41) is 5.32. The molecule has 1 rings (SSSR count). The van der Waals surface area contributed by atoms with Crippen molar-refractivity contribution in [3.8, 4) is 0 Å². The van der Waals surface area contributed by atoms with Gasteiger partial charge < -0.3 is 15.5 Å². The van der Waals surface area contributed by atoms with Crippen molar-refractivity contribution >= 4 is 18.7 Å². The molecule has 6 nitrogen and oxygen atoms in total. The molecule has 154 valence electrons. The summed E-state index contributed by atoms with van der Waals surface area (Å²) in [4.78, 5) is 35.3. The summed E-state index contributed by atoms with van der Waals surface area (Å²) >= 11 is 0. The first kappa shape index (κ1) is 23.6. The topological polar surface area (TPSA) is 78.5 Å². The smallest absolute Gasteiger partial charge is 0.247 e. The monoisotopic (exact) mass is 395 g/mol. The summed E-state index contributed by atoms with van der Waals surface area (Å²) in [6, 6.07) is -0.411. The van der Waals surface area contributed by atoms with Crippen molar-refractivity contribution < 1.29 is 14.4 Å². The zero-order valence-electron chi connectivity index (χ0n) is 17.1. The maximum atomic E-state index is 12.4. The van der Waals surface area contributed by atoms with Crippen LogP contribution in [0.25, 0.3) is 0 Å². The molecular weight excluding hydrogens is 366 g/mol. The molecule has 1 unspecified atom stereocenters. The quantitative estimate of drug-likeness (QED) is 0.417. The Labute approximate surface area is 172 Å². The summed E-state index contributed by atoms with van der Waals surface area (Å²) in [6.45, 7) is 12.0. The van der Waals surface area contributed by atoms with Gasteiger partial charge in [0.1, 0.15) is 6.04 Å². The van der Waals surface area contributed by atoms with Crippen LogP contribution in [0.1, 0.15) is 26.7 Å². The fraction of sp³-hybridized carbons (Fsp3) is 0.261. The van der Waals surface area contributed by atoms with Crippen LogP contribution in [-0.2, 0) is 14.4 Å². The van der Waals surface area contributed by atoms with Gasteiger partial charge in [-0.1, -0.05) is 49.6 Å². The van der Waals surface area contributed by atoms with Gasteiger partial charge in [-0.2, -0.15) is 0 Å². The maximum absolute atomic E-state index is 12.4. The molecule has 3 amide bonds. The van der Waals surface area contributed by atoms with Crippen molar-refractivity contribution in [2.45, 2.75) is 32.7 Å². The molecule has 0 aromatic heterocycles. The molecule has 1 saturated heterocycles. The zero-order chi connectivity index (χ0) is 21.6. The first-order valence-electron chi connectivity index (χ1n) is 9.41. The molecule has 0 aliphatic carbocycles. The number of rotatable bonds is 11. The summed E-state index contributed by atoms with van der Waals surface area (Å²) < 4.78 is 0. The van der Waals surface area contributed by atoms with E-state index in [2.05, 4.69) is 23.8 Å². The van der Waals surface area contributed by atoms with E-state index in [1.165, 1.54) is 4.90 Å². The summed E-state index contributed by atoms with van der Waals surface area (Å²) in [7, 11) is 0. The van der Waals surface area contributed by atoms with Gasteiger partial charge in [-0.25, -0.2) is 0 Å². The summed E-state index contributed by atoms with van der Waals surface area (Å²) in [6.07, 6.45) is 17.3.